The fraction of sp³-hybridized carbons (Fsp3) is 0.387. The fourth-order valence-electron chi connectivity index (χ4n) is 6.02. The first-order valence-electron chi connectivity index (χ1n) is 13.7. The van der Waals surface area contributed by atoms with Gasteiger partial charge < -0.3 is 23.5 Å². The molecule has 4 aromatic rings. The van der Waals surface area contributed by atoms with E-state index < -0.39 is 11.8 Å². The molecule has 4 heterocycles. The third-order valence-electron chi connectivity index (χ3n) is 8.32. The number of nitrogens with zero attached hydrogens (tertiary/aromatic N) is 4. The Bertz CT molecular complexity index is 1610. The molecule has 0 N–H and O–H groups in total. The number of ether oxygens (including phenoxy) is 4. The molecule has 2 atom stereocenters. The molecule has 0 spiro atoms. The predicted molar refractivity (Wildman–Crippen MR) is 155 cm³/mol. The van der Waals surface area contributed by atoms with Crippen LogP contribution in [0.25, 0.3) is 11.0 Å². The Morgan fingerprint density at radius 1 is 1.15 bits per heavy atom. The van der Waals surface area contributed by atoms with Crippen molar-refractivity contribution in [3.63, 3.8) is 0 Å². The highest BCUT2D eigenvalue weighted by Crippen LogP contribution is 2.49. The van der Waals surface area contributed by atoms with Gasteiger partial charge in [0.2, 0.25) is 0 Å². The van der Waals surface area contributed by atoms with E-state index in [1.807, 2.05) is 42.8 Å². The number of rotatable bonds is 6. The van der Waals surface area contributed by atoms with E-state index in [-0.39, 0.29) is 6.04 Å². The second-order valence-corrected chi connectivity index (χ2v) is 11.2. The molecule has 9 nitrogen and oxygen atoms in total. The summed E-state index contributed by atoms with van der Waals surface area (Å²) in [7, 11) is 4.94. The van der Waals surface area contributed by atoms with Crippen LogP contribution in [0.15, 0.2) is 48.7 Å². The van der Waals surface area contributed by atoms with Crippen LogP contribution in [0.1, 0.15) is 66.1 Å². The van der Waals surface area contributed by atoms with Gasteiger partial charge in [-0.05, 0) is 69.1 Å². The first kappa shape index (κ1) is 27.4. The highest BCUT2D eigenvalue weighted by atomic mass is 35.5. The van der Waals surface area contributed by atoms with Crippen LogP contribution >= 0.6 is 11.6 Å². The third-order valence-corrected chi connectivity index (χ3v) is 8.55. The molecule has 10 heteroatoms. The zero-order valence-electron chi connectivity index (χ0n) is 23.8. The fourth-order valence-corrected chi connectivity index (χ4v) is 6.13. The number of hydrogen-bond donors (Lipinski definition) is 0. The molecular weight excluding hydrogens is 544 g/mol. The molecule has 1 fully saturated rings. The number of carbonyl (C=O) groups excluding carboxylic acids is 1. The van der Waals surface area contributed by atoms with Gasteiger partial charge in [-0.15, -0.1) is 0 Å². The maximum atomic E-state index is 12.2. The minimum Gasteiger partial charge on any atom is -0.494 e. The lowest BCUT2D eigenvalue weighted by atomic mass is 9.88. The maximum absolute atomic E-state index is 12.2. The third kappa shape index (κ3) is 4.77. The molecule has 2 aromatic carbocycles. The normalized spacial score (nSPS) is 19.9. The SMILES string of the molecule is COC(=O)c1cc(OC)c2nc([C@H](C)N3CCC(c4cccc5c4O[C@@](C)(c4ccc(Cl)cn4)O5)CC3)n(C)c2c1. The topological polar surface area (TPSA) is 87.9 Å². The van der Waals surface area contributed by atoms with Gasteiger partial charge in [0.05, 0.1) is 36.4 Å². The lowest BCUT2D eigenvalue weighted by Crippen LogP contribution is -2.36. The second kappa shape index (κ2) is 10.5. The van der Waals surface area contributed by atoms with Gasteiger partial charge in [0.15, 0.2) is 11.5 Å². The van der Waals surface area contributed by atoms with Crippen molar-refractivity contribution < 1.29 is 23.7 Å². The highest BCUT2D eigenvalue weighted by Gasteiger charge is 2.42. The minimum absolute atomic E-state index is 0.0694. The lowest BCUT2D eigenvalue weighted by Gasteiger charge is -2.36. The van der Waals surface area contributed by atoms with Crippen molar-refractivity contribution in [2.45, 2.75) is 44.4 Å². The van der Waals surface area contributed by atoms with Crippen molar-refractivity contribution in [1.82, 2.24) is 19.4 Å². The monoisotopic (exact) mass is 576 g/mol. The summed E-state index contributed by atoms with van der Waals surface area (Å²) in [5, 5.41) is 0.568. The molecule has 41 heavy (non-hydrogen) atoms. The Hall–Kier alpha value is -3.82. The number of pyridine rings is 1. The number of piperidine rings is 1. The first-order valence-corrected chi connectivity index (χ1v) is 14.1. The molecule has 0 radical (unpaired) electrons. The van der Waals surface area contributed by atoms with E-state index in [0.29, 0.717) is 27.9 Å². The highest BCUT2D eigenvalue weighted by molar-refractivity contribution is 6.30. The molecule has 6 rings (SSSR count). The molecule has 2 aromatic heterocycles. The minimum atomic E-state index is -1.01. The van der Waals surface area contributed by atoms with Gasteiger partial charge in [-0.1, -0.05) is 23.7 Å². The number of hydrogen-bond acceptors (Lipinski definition) is 8. The summed E-state index contributed by atoms with van der Waals surface area (Å²) >= 11 is 6.04. The van der Waals surface area contributed by atoms with Crippen LogP contribution in [0.5, 0.6) is 17.2 Å². The molecule has 0 bridgehead atoms. The van der Waals surface area contributed by atoms with E-state index >= 15 is 0 Å². The van der Waals surface area contributed by atoms with Gasteiger partial charge in [-0.2, -0.15) is 0 Å². The lowest BCUT2D eigenvalue weighted by molar-refractivity contribution is -0.0722. The van der Waals surface area contributed by atoms with Crippen molar-refractivity contribution in [2.24, 2.45) is 7.05 Å². The van der Waals surface area contributed by atoms with Crippen LogP contribution in [0.4, 0.5) is 0 Å². The number of likely N-dealkylation sites (tertiary alicyclic amines) is 1. The molecular formula is C31H33ClN4O5. The number of para-hydroxylation sites is 1. The number of methoxy groups -OCH3 is 2. The summed E-state index contributed by atoms with van der Waals surface area (Å²) in [5.74, 6) is 1.92. The van der Waals surface area contributed by atoms with Crippen LogP contribution in [-0.2, 0) is 17.6 Å². The second-order valence-electron chi connectivity index (χ2n) is 10.7. The standard InChI is InChI=1S/C31H33ClN4O5/c1-18(29-34-27-23(35(29)3)15-20(30(37)39-5)16-25(27)38-4)36-13-11-19(12-14-36)22-7-6-8-24-28(22)41-31(2,40-24)26-10-9-21(32)17-33-26/h6-10,15-19H,11-14H2,1-5H3/t18-,31-/m0/s1. The summed E-state index contributed by atoms with van der Waals surface area (Å²) in [5.41, 5.74) is 3.83. The molecule has 2 aliphatic rings. The van der Waals surface area contributed by atoms with Gasteiger partial charge in [-0.3, -0.25) is 9.88 Å². The Labute approximate surface area is 243 Å². The summed E-state index contributed by atoms with van der Waals surface area (Å²) in [6.45, 7) is 5.87. The molecule has 0 unspecified atom stereocenters. The van der Waals surface area contributed by atoms with Crippen LogP contribution < -0.4 is 14.2 Å². The average molecular weight is 577 g/mol. The number of carbonyl (C=O) groups is 1. The van der Waals surface area contributed by atoms with Crippen molar-refractivity contribution in [1.29, 1.82) is 0 Å². The molecule has 0 saturated carbocycles. The number of fused-ring (bicyclic) bond motifs is 2. The average Bonchev–Trinajstić information content (AvgIpc) is 3.53. The van der Waals surface area contributed by atoms with E-state index in [2.05, 4.69) is 22.9 Å². The number of halogens is 1. The number of esters is 1. The van der Waals surface area contributed by atoms with Gasteiger partial charge in [0, 0.05) is 25.7 Å². The summed E-state index contributed by atoms with van der Waals surface area (Å²) in [6.07, 6.45) is 3.55. The van der Waals surface area contributed by atoms with E-state index in [9.17, 15) is 4.79 Å². The maximum Gasteiger partial charge on any atom is 0.338 e. The zero-order valence-corrected chi connectivity index (χ0v) is 24.6. The first-order chi connectivity index (χ1) is 19.7. The van der Waals surface area contributed by atoms with Gasteiger partial charge >= 0.3 is 5.97 Å². The summed E-state index contributed by atoms with van der Waals surface area (Å²) < 4.78 is 25.3. The Balaban J connectivity index is 1.20. The van der Waals surface area contributed by atoms with Crippen molar-refractivity contribution in [2.75, 3.05) is 27.3 Å². The summed E-state index contributed by atoms with van der Waals surface area (Å²) in [4.78, 5) is 24.1. The molecule has 0 amide bonds. The Morgan fingerprint density at radius 3 is 2.61 bits per heavy atom. The Morgan fingerprint density at radius 2 is 1.93 bits per heavy atom. The number of aromatic nitrogens is 3. The van der Waals surface area contributed by atoms with Crippen LogP contribution in [0.3, 0.4) is 0 Å². The van der Waals surface area contributed by atoms with Crippen LogP contribution in [0.2, 0.25) is 5.02 Å². The predicted octanol–water partition coefficient (Wildman–Crippen LogP) is 6.00. The van der Waals surface area contributed by atoms with E-state index in [1.165, 1.54) is 7.11 Å². The number of benzene rings is 2. The van der Waals surface area contributed by atoms with E-state index in [0.717, 1.165) is 59.9 Å². The quantitative estimate of drug-likeness (QED) is 0.258. The largest absolute Gasteiger partial charge is 0.494 e. The van der Waals surface area contributed by atoms with E-state index in [4.69, 9.17) is 35.5 Å². The van der Waals surface area contributed by atoms with Gasteiger partial charge in [0.25, 0.3) is 5.79 Å². The van der Waals surface area contributed by atoms with Crippen LogP contribution in [0, 0.1) is 0 Å². The van der Waals surface area contributed by atoms with Crippen molar-refractivity contribution in [3.05, 3.63) is 76.3 Å². The van der Waals surface area contributed by atoms with Crippen LogP contribution in [-0.4, -0.2) is 52.7 Å². The van der Waals surface area contributed by atoms with Crippen molar-refractivity contribution >= 4 is 28.6 Å². The number of imidazole rings is 1. The number of aryl methyl sites for hydroxylation is 1. The summed E-state index contributed by atoms with van der Waals surface area (Å²) in [6, 6.07) is 13.3. The zero-order chi connectivity index (χ0) is 28.9. The Kier molecular flexibility index (Phi) is 7.03. The molecule has 214 valence electrons. The van der Waals surface area contributed by atoms with E-state index in [1.54, 1.807) is 25.4 Å². The van der Waals surface area contributed by atoms with Crippen molar-refractivity contribution in [3.8, 4) is 17.2 Å². The van der Waals surface area contributed by atoms with Gasteiger partial charge in [-0.25, -0.2) is 9.78 Å². The smallest absolute Gasteiger partial charge is 0.338 e. The molecule has 2 aliphatic heterocycles. The molecule has 1 saturated heterocycles. The molecule has 0 aliphatic carbocycles. The van der Waals surface area contributed by atoms with Gasteiger partial charge in [0.1, 0.15) is 22.8 Å².